The second-order valence-corrected chi connectivity index (χ2v) is 5.97. The van der Waals surface area contributed by atoms with E-state index >= 15 is 0 Å². The lowest BCUT2D eigenvalue weighted by molar-refractivity contribution is 0.0943. The number of aromatic nitrogens is 1. The van der Waals surface area contributed by atoms with Crippen LogP contribution in [-0.4, -0.2) is 30.8 Å². The molecule has 7 heteroatoms. The number of fused-ring (bicyclic) bond motifs is 2. The van der Waals surface area contributed by atoms with Crippen molar-refractivity contribution in [2.45, 2.75) is 0 Å². The minimum absolute atomic E-state index is 0.193. The van der Waals surface area contributed by atoms with Gasteiger partial charge in [0, 0.05) is 22.0 Å². The minimum Gasteiger partial charge on any atom is -0.492 e. The third-order valence-electron chi connectivity index (χ3n) is 3.83. The molecule has 4 rings (SSSR count). The molecule has 128 valence electrons. The largest absolute Gasteiger partial charge is 0.492 e. The van der Waals surface area contributed by atoms with Crippen LogP contribution in [-0.2, 0) is 0 Å². The molecule has 0 atom stereocenters. The number of rotatable bonds is 5. The Bertz CT molecular complexity index is 938. The molecule has 6 nitrogen and oxygen atoms in total. The summed E-state index contributed by atoms with van der Waals surface area (Å²) in [6.07, 6.45) is 0. The van der Waals surface area contributed by atoms with Crippen LogP contribution in [0.5, 0.6) is 17.2 Å². The quantitative estimate of drug-likeness (QED) is 0.686. The Morgan fingerprint density at radius 2 is 2.04 bits per heavy atom. The maximum absolute atomic E-state index is 12.2. The van der Waals surface area contributed by atoms with Crippen molar-refractivity contribution in [2.75, 3.05) is 19.9 Å². The number of halogens is 1. The molecule has 0 fully saturated rings. The second kappa shape index (κ2) is 6.57. The maximum atomic E-state index is 12.2. The number of H-pyrrole nitrogens is 1. The van der Waals surface area contributed by atoms with Gasteiger partial charge in [0.1, 0.15) is 18.1 Å². The molecule has 0 radical (unpaired) electrons. The average Bonchev–Trinajstić information content (AvgIpc) is 3.24. The van der Waals surface area contributed by atoms with E-state index in [1.165, 1.54) is 0 Å². The molecule has 1 aliphatic rings. The summed E-state index contributed by atoms with van der Waals surface area (Å²) >= 11 is 5.95. The Kier molecular flexibility index (Phi) is 4.11. The average molecular weight is 359 g/mol. The molecule has 3 aromatic rings. The Morgan fingerprint density at radius 1 is 1.16 bits per heavy atom. The minimum atomic E-state index is -0.193. The fraction of sp³-hybridized carbons (Fsp3) is 0.167. The summed E-state index contributed by atoms with van der Waals surface area (Å²) < 4.78 is 16.2. The van der Waals surface area contributed by atoms with Crippen LogP contribution in [0.4, 0.5) is 0 Å². The van der Waals surface area contributed by atoms with Crippen molar-refractivity contribution >= 4 is 28.4 Å². The van der Waals surface area contributed by atoms with Crippen molar-refractivity contribution in [3.63, 3.8) is 0 Å². The fourth-order valence-electron chi connectivity index (χ4n) is 2.62. The first-order valence-electron chi connectivity index (χ1n) is 7.78. The highest BCUT2D eigenvalue weighted by atomic mass is 35.5. The van der Waals surface area contributed by atoms with Crippen LogP contribution >= 0.6 is 11.6 Å². The highest BCUT2D eigenvalue weighted by Gasteiger charge is 2.14. The van der Waals surface area contributed by atoms with Crippen LogP contribution in [0.25, 0.3) is 10.9 Å². The lowest BCUT2D eigenvalue weighted by Gasteiger charge is -2.07. The molecule has 0 unspecified atom stereocenters. The van der Waals surface area contributed by atoms with Gasteiger partial charge >= 0.3 is 0 Å². The summed E-state index contributed by atoms with van der Waals surface area (Å²) in [4.78, 5) is 15.3. The van der Waals surface area contributed by atoms with E-state index in [1.54, 1.807) is 36.4 Å². The predicted octanol–water partition coefficient (Wildman–Crippen LogP) is 3.36. The number of amides is 1. The van der Waals surface area contributed by atoms with Crippen LogP contribution < -0.4 is 19.5 Å². The fourth-order valence-corrected chi connectivity index (χ4v) is 2.79. The van der Waals surface area contributed by atoms with E-state index in [-0.39, 0.29) is 12.7 Å². The zero-order valence-electron chi connectivity index (χ0n) is 13.2. The van der Waals surface area contributed by atoms with Crippen molar-refractivity contribution < 1.29 is 19.0 Å². The molecular weight excluding hydrogens is 344 g/mol. The van der Waals surface area contributed by atoms with Crippen molar-refractivity contribution in [2.24, 2.45) is 0 Å². The maximum Gasteiger partial charge on any atom is 0.267 e. The van der Waals surface area contributed by atoms with Gasteiger partial charge in [0.25, 0.3) is 5.91 Å². The highest BCUT2D eigenvalue weighted by Crippen LogP contribution is 2.34. The second-order valence-electron chi connectivity index (χ2n) is 5.53. The molecule has 0 saturated carbocycles. The van der Waals surface area contributed by atoms with Gasteiger partial charge in [-0.05, 0) is 30.3 Å². The van der Waals surface area contributed by atoms with E-state index < -0.39 is 0 Å². The first kappa shape index (κ1) is 15.7. The van der Waals surface area contributed by atoms with Crippen LogP contribution in [0.15, 0.2) is 42.5 Å². The number of carbonyl (C=O) groups is 1. The number of hydrogen-bond donors (Lipinski definition) is 2. The lowest BCUT2D eigenvalue weighted by atomic mass is 10.2. The molecule has 1 amide bonds. The summed E-state index contributed by atoms with van der Waals surface area (Å²) in [6.45, 7) is 0.950. The van der Waals surface area contributed by atoms with E-state index in [0.29, 0.717) is 41.1 Å². The Morgan fingerprint density at radius 3 is 2.96 bits per heavy atom. The molecule has 1 aromatic heterocycles. The van der Waals surface area contributed by atoms with Gasteiger partial charge in [0.2, 0.25) is 6.79 Å². The monoisotopic (exact) mass is 358 g/mol. The van der Waals surface area contributed by atoms with E-state index in [4.69, 9.17) is 25.8 Å². The Balaban J connectivity index is 1.31. The van der Waals surface area contributed by atoms with Gasteiger partial charge in [-0.15, -0.1) is 0 Å². The summed E-state index contributed by atoms with van der Waals surface area (Å²) in [7, 11) is 0. The van der Waals surface area contributed by atoms with Gasteiger partial charge in [0.05, 0.1) is 6.54 Å². The molecule has 2 heterocycles. The van der Waals surface area contributed by atoms with Gasteiger partial charge < -0.3 is 24.5 Å². The smallest absolute Gasteiger partial charge is 0.267 e. The van der Waals surface area contributed by atoms with Gasteiger partial charge in [0.15, 0.2) is 11.5 Å². The lowest BCUT2D eigenvalue weighted by Crippen LogP contribution is -2.28. The zero-order chi connectivity index (χ0) is 17.2. The van der Waals surface area contributed by atoms with Gasteiger partial charge in [-0.25, -0.2) is 0 Å². The number of carbonyl (C=O) groups excluding carboxylic acids is 1. The molecule has 2 aromatic carbocycles. The summed E-state index contributed by atoms with van der Waals surface area (Å²) in [5.41, 5.74) is 1.31. The van der Waals surface area contributed by atoms with E-state index in [2.05, 4.69) is 10.3 Å². The number of hydrogen-bond acceptors (Lipinski definition) is 4. The first-order valence-corrected chi connectivity index (χ1v) is 8.16. The zero-order valence-corrected chi connectivity index (χ0v) is 13.9. The Hall–Kier alpha value is -2.86. The SMILES string of the molecule is O=C(NCCOc1ccc2c(c1)OCO2)c1cc2ccc(Cl)cc2[nH]1. The standard InChI is InChI=1S/C18H15ClN2O4/c19-12-2-1-11-7-15(21-14(11)8-12)18(22)20-5-6-23-13-3-4-16-17(9-13)25-10-24-16/h1-4,7-9,21H,5-6,10H2,(H,20,22). The highest BCUT2D eigenvalue weighted by molar-refractivity contribution is 6.31. The van der Waals surface area contributed by atoms with Gasteiger partial charge in [-0.3, -0.25) is 4.79 Å². The number of nitrogens with one attached hydrogen (secondary N) is 2. The number of ether oxygens (including phenoxy) is 3. The van der Waals surface area contributed by atoms with Crippen LogP contribution in [0.1, 0.15) is 10.5 Å². The molecule has 2 N–H and O–H groups in total. The van der Waals surface area contributed by atoms with E-state index in [9.17, 15) is 4.79 Å². The van der Waals surface area contributed by atoms with E-state index in [1.807, 2.05) is 6.07 Å². The third-order valence-corrected chi connectivity index (χ3v) is 4.06. The van der Waals surface area contributed by atoms with Crippen LogP contribution in [0.3, 0.4) is 0 Å². The topological polar surface area (TPSA) is 72.6 Å². The molecule has 0 bridgehead atoms. The first-order chi connectivity index (χ1) is 12.2. The number of aromatic amines is 1. The van der Waals surface area contributed by atoms with Crippen LogP contribution in [0.2, 0.25) is 5.02 Å². The summed E-state index contributed by atoms with van der Waals surface area (Å²) in [6, 6.07) is 12.6. The Labute approximate surface area is 148 Å². The third kappa shape index (κ3) is 3.34. The molecular formula is C18H15ClN2O4. The van der Waals surface area contributed by atoms with Crippen molar-refractivity contribution in [3.05, 3.63) is 53.2 Å². The summed E-state index contributed by atoms with van der Waals surface area (Å²) in [5.74, 6) is 1.85. The van der Waals surface area contributed by atoms with Gasteiger partial charge in [-0.2, -0.15) is 0 Å². The molecule has 0 spiro atoms. The summed E-state index contributed by atoms with van der Waals surface area (Å²) in [5, 5.41) is 4.37. The van der Waals surface area contributed by atoms with Crippen molar-refractivity contribution in [3.8, 4) is 17.2 Å². The van der Waals surface area contributed by atoms with Gasteiger partial charge in [-0.1, -0.05) is 17.7 Å². The van der Waals surface area contributed by atoms with Crippen molar-refractivity contribution in [1.82, 2.24) is 10.3 Å². The molecule has 0 saturated heterocycles. The normalized spacial score (nSPS) is 12.4. The van der Waals surface area contributed by atoms with E-state index in [0.717, 1.165) is 10.9 Å². The molecule has 25 heavy (non-hydrogen) atoms. The van der Waals surface area contributed by atoms with Crippen LogP contribution in [0, 0.1) is 0 Å². The molecule has 0 aliphatic carbocycles. The van der Waals surface area contributed by atoms with Crippen molar-refractivity contribution in [1.29, 1.82) is 0 Å². The number of benzene rings is 2. The molecule has 1 aliphatic heterocycles. The predicted molar refractivity (Wildman–Crippen MR) is 93.7 cm³/mol.